The number of carboxylic acids is 1. The zero-order chi connectivity index (χ0) is 45.1. The standard InChI is InChI=1S/C47H61N7O8/c1-32-14-6-7-16-36(32)53-45(62)50-35-23-20-33(21-24-35)30-40(56)51-37(17-8-11-29-49-39(55)25-22-34-15-13-28-48-31-34)42(59)52-38(18-12-19-41(57)58)43(60)54-47(26-9-5-10-27-47)44(61)46(2,3)4/h6-7,13-16,20-25,28,31,37-38H,5,8-12,17-19,26-27,29-30H2,1-4H3,(H,49,55)(H,51,56)(H,52,59)(H,54,60)(H,57,58)(H2,50,53,62)/b25-22+/t37-,38-/m0/s1. The van der Waals surface area contributed by atoms with Gasteiger partial charge in [-0.2, -0.15) is 0 Å². The van der Waals surface area contributed by atoms with Crippen molar-refractivity contribution in [3.05, 3.63) is 95.8 Å². The number of pyridine rings is 1. The number of aliphatic carboxylic acids is 1. The lowest BCUT2D eigenvalue weighted by atomic mass is 9.70. The van der Waals surface area contributed by atoms with Gasteiger partial charge in [0.25, 0.3) is 0 Å². The fourth-order valence-electron chi connectivity index (χ4n) is 7.40. The van der Waals surface area contributed by atoms with Crippen molar-refractivity contribution in [1.82, 2.24) is 26.3 Å². The Morgan fingerprint density at radius 1 is 0.806 bits per heavy atom. The summed E-state index contributed by atoms with van der Waals surface area (Å²) in [4.78, 5) is 95.9. The summed E-state index contributed by atoms with van der Waals surface area (Å²) in [7, 11) is 0. The van der Waals surface area contributed by atoms with Crippen LogP contribution >= 0.6 is 0 Å². The predicted molar refractivity (Wildman–Crippen MR) is 238 cm³/mol. The fourth-order valence-corrected chi connectivity index (χ4v) is 7.40. The van der Waals surface area contributed by atoms with Gasteiger partial charge >= 0.3 is 12.0 Å². The number of amides is 6. The molecule has 1 fully saturated rings. The van der Waals surface area contributed by atoms with E-state index in [1.165, 1.54) is 6.08 Å². The Kier molecular flexibility index (Phi) is 18.4. The number of hydrogen-bond donors (Lipinski definition) is 7. The van der Waals surface area contributed by atoms with E-state index < -0.39 is 52.8 Å². The molecule has 6 amide bonds. The first-order valence-electron chi connectivity index (χ1n) is 21.3. The number of benzene rings is 2. The third kappa shape index (κ3) is 15.9. The lowest BCUT2D eigenvalue weighted by molar-refractivity contribution is -0.140. The van der Waals surface area contributed by atoms with Gasteiger partial charge in [0, 0.05) is 48.2 Å². The number of hydrogen-bond acceptors (Lipinski definition) is 8. The average Bonchev–Trinajstić information content (AvgIpc) is 3.23. The van der Waals surface area contributed by atoms with Gasteiger partial charge in [0.15, 0.2) is 5.78 Å². The third-order valence-corrected chi connectivity index (χ3v) is 10.7. The summed E-state index contributed by atoms with van der Waals surface area (Å²) in [5.41, 5.74) is 1.60. The highest BCUT2D eigenvalue weighted by atomic mass is 16.4. The molecule has 0 bridgehead atoms. The SMILES string of the molecule is Cc1ccccc1NC(=O)Nc1ccc(CC(=O)N[C@@H](CCCCNC(=O)/C=C/c2cccnc2)C(=O)N[C@@H](CCCC(=O)O)C(=O)NC2(C(=O)C(C)(C)C)CCCCC2)cc1. The molecule has 2 aromatic carbocycles. The van der Waals surface area contributed by atoms with E-state index in [-0.39, 0.29) is 43.8 Å². The number of Topliss-reactive ketones (excluding diaryl/α,β-unsaturated/α-hetero) is 1. The lowest BCUT2D eigenvalue weighted by Gasteiger charge is -2.41. The molecule has 1 aromatic heterocycles. The number of nitrogens with one attached hydrogen (secondary N) is 6. The van der Waals surface area contributed by atoms with Crippen molar-refractivity contribution in [3.63, 3.8) is 0 Å². The minimum absolute atomic E-state index is 0.00765. The van der Waals surface area contributed by atoms with Crippen LogP contribution in [0.4, 0.5) is 16.2 Å². The number of carboxylic acid groups (broad SMARTS) is 1. The summed E-state index contributed by atoms with van der Waals surface area (Å²) in [5.74, 6) is -3.16. The molecule has 7 N–H and O–H groups in total. The molecular weight excluding hydrogens is 791 g/mol. The number of unbranched alkanes of at least 4 members (excludes halogenated alkanes) is 1. The molecule has 0 radical (unpaired) electrons. The van der Waals surface area contributed by atoms with Crippen molar-refractivity contribution >= 4 is 58.9 Å². The molecule has 15 nitrogen and oxygen atoms in total. The van der Waals surface area contributed by atoms with Crippen molar-refractivity contribution in [2.24, 2.45) is 5.41 Å². The molecule has 1 aliphatic rings. The van der Waals surface area contributed by atoms with Gasteiger partial charge < -0.3 is 37.0 Å². The molecule has 1 heterocycles. The largest absolute Gasteiger partial charge is 0.481 e. The fraction of sp³-hybridized carbons (Fsp3) is 0.447. The van der Waals surface area contributed by atoms with Crippen LogP contribution in [0.1, 0.15) is 108 Å². The van der Waals surface area contributed by atoms with Crippen LogP contribution in [0.5, 0.6) is 0 Å². The number of aromatic nitrogens is 1. The monoisotopic (exact) mass is 851 g/mol. The van der Waals surface area contributed by atoms with Crippen molar-refractivity contribution < 1.29 is 38.7 Å². The first kappa shape index (κ1) is 48.3. The van der Waals surface area contributed by atoms with Gasteiger partial charge in [-0.15, -0.1) is 0 Å². The molecule has 1 saturated carbocycles. The van der Waals surface area contributed by atoms with Crippen LogP contribution in [0.2, 0.25) is 0 Å². The van der Waals surface area contributed by atoms with E-state index >= 15 is 0 Å². The molecule has 0 aliphatic heterocycles. The van der Waals surface area contributed by atoms with Gasteiger partial charge in [-0.25, -0.2) is 4.79 Å². The molecule has 332 valence electrons. The van der Waals surface area contributed by atoms with E-state index in [1.807, 2.05) is 31.2 Å². The van der Waals surface area contributed by atoms with Crippen LogP contribution in [-0.4, -0.2) is 75.7 Å². The van der Waals surface area contributed by atoms with Crippen LogP contribution in [0.25, 0.3) is 6.08 Å². The maximum atomic E-state index is 14.1. The van der Waals surface area contributed by atoms with Crippen LogP contribution < -0.4 is 31.9 Å². The summed E-state index contributed by atoms with van der Waals surface area (Å²) in [6.07, 6.45) is 10.4. The Labute approximate surface area is 363 Å². The number of para-hydroxylation sites is 1. The van der Waals surface area contributed by atoms with E-state index in [0.717, 1.165) is 30.4 Å². The zero-order valence-electron chi connectivity index (χ0n) is 36.2. The Bertz CT molecular complexity index is 2040. The Hall–Kier alpha value is -6.38. The van der Waals surface area contributed by atoms with Crippen molar-refractivity contribution in [1.29, 1.82) is 0 Å². The van der Waals surface area contributed by atoms with E-state index in [0.29, 0.717) is 49.2 Å². The van der Waals surface area contributed by atoms with Gasteiger partial charge in [0.05, 0.1) is 12.0 Å². The number of anilines is 2. The molecule has 0 unspecified atom stereocenters. The number of aryl methyl sites for hydroxylation is 1. The van der Waals surface area contributed by atoms with Gasteiger partial charge in [0.1, 0.15) is 12.1 Å². The van der Waals surface area contributed by atoms with Crippen LogP contribution in [0.15, 0.2) is 79.1 Å². The molecule has 62 heavy (non-hydrogen) atoms. The van der Waals surface area contributed by atoms with Gasteiger partial charge in [-0.05, 0) is 98.9 Å². The molecule has 1 aliphatic carbocycles. The van der Waals surface area contributed by atoms with Gasteiger partial charge in [-0.3, -0.25) is 33.8 Å². The lowest BCUT2D eigenvalue weighted by Crippen LogP contribution is -2.63. The zero-order valence-corrected chi connectivity index (χ0v) is 36.2. The maximum Gasteiger partial charge on any atom is 0.323 e. The Morgan fingerprint density at radius 2 is 1.50 bits per heavy atom. The van der Waals surface area contributed by atoms with E-state index in [9.17, 15) is 38.7 Å². The molecule has 4 rings (SSSR count). The minimum atomic E-state index is -1.18. The summed E-state index contributed by atoms with van der Waals surface area (Å²) < 4.78 is 0. The smallest absolute Gasteiger partial charge is 0.323 e. The highest BCUT2D eigenvalue weighted by Crippen LogP contribution is 2.35. The molecule has 0 saturated heterocycles. The molecular formula is C47H61N7O8. The number of ketones is 1. The highest BCUT2D eigenvalue weighted by Gasteiger charge is 2.46. The quantitative estimate of drug-likeness (QED) is 0.0476. The number of carbonyl (C=O) groups is 7. The summed E-state index contributed by atoms with van der Waals surface area (Å²) in [5, 5.41) is 26.3. The van der Waals surface area contributed by atoms with Gasteiger partial charge in [-0.1, -0.05) is 76.4 Å². The van der Waals surface area contributed by atoms with E-state index in [2.05, 4.69) is 36.9 Å². The first-order valence-corrected chi connectivity index (χ1v) is 21.3. The van der Waals surface area contributed by atoms with Crippen LogP contribution in [0, 0.1) is 12.3 Å². The highest BCUT2D eigenvalue weighted by molar-refractivity contribution is 6.00. The Morgan fingerprint density at radius 3 is 2.16 bits per heavy atom. The number of urea groups is 1. The average molecular weight is 852 g/mol. The number of rotatable bonds is 21. The summed E-state index contributed by atoms with van der Waals surface area (Å²) >= 11 is 0. The third-order valence-electron chi connectivity index (χ3n) is 10.7. The van der Waals surface area contributed by atoms with Crippen LogP contribution in [-0.2, 0) is 35.2 Å². The maximum absolute atomic E-state index is 14.1. The second-order valence-corrected chi connectivity index (χ2v) is 16.9. The number of carbonyl (C=O) groups excluding carboxylic acids is 6. The summed E-state index contributed by atoms with van der Waals surface area (Å²) in [6.45, 7) is 7.60. The number of nitrogens with zero attached hydrogens (tertiary/aromatic N) is 1. The predicted octanol–water partition coefficient (Wildman–Crippen LogP) is 6.24. The molecule has 0 spiro atoms. The normalized spacial score (nSPS) is 14.5. The van der Waals surface area contributed by atoms with Gasteiger partial charge in [0.2, 0.25) is 23.6 Å². The second-order valence-electron chi connectivity index (χ2n) is 16.9. The van der Waals surface area contributed by atoms with Crippen molar-refractivity contribution in [2.75, 3.05) is 17.2 Å². The molecule has 2 atom stereocenters. The summed E-state index contributed by atoms with van der Waals surface area (Å²) in [6, 6.07) is 15.0. The topological polar surface area (TPSA) is 225 Å². The van der Waals surface area contributed by atoms with E-state index in [4.69, 9.17) is 0 Å². The minimum Gasteiger partial charge on any atom is -0.481 e. The molecule has 15 heteroatoms. The van der Waals surface area contributed by atoms with E-state index in [1.54, 1.807) is 75.6 Å². The van der Waals surface area contributed by atoms with Crippen molar-refractivity contribution in [2.45, 2.75) is 122 Å². The van der Waals surface area contributed by atoms with Crippen LogP contribution in [0.3, 0.4) is 0 Å². The second kappa shape index (κ2) is 23.6. The Balaban J connectivity index is 1.45. The first-order chi connectivity index (χ1) is 29.5. The molecule has 3 aromatic rings. The van der Waals surface area contributed by atoms with Crippen molar-refractivity contribution in [3.8, 4) is 0 Å².